The molecule has 0 saturated heterocycles. The molecule has 0 bridgehead atoms. The van der Waals surface area contributed by atoms with Gasteiger partial charge in [0.05, 0.1) is 11.6 Å². The molecule has 1 aromatic carbocycles. The van der Waals surface area contributed by atoms with Crippen LogP contribution in [0.15, 0.2) is 18.2 Å². The summed E-state index contributed by atoms with van der Waals surface area (Å²) in [5.41, 5.74) is 3.35. The fraction of sp³-hybridized carbons (Fsp3) is 0.300. The van der Waals surface area contributed by atoms with Gasteiger partial charge in [0, 0.05) is 5.69 Å². The van der Waals surface area contributed by atoms with Crippen molar-refractivity contribution >= 4 is 5.69 Å². The Kier molecular flexibility index (Phi) is 3.60. The van der Waals surface area contributed by atoms with Crippen LogP contribution in [0.25, 0.3) is 0 Å². The van der Waals surface area contributed by atoms with E-state index in [1.54, 1.807) is 0 Å². The van der Waals surface area contributed by atoms with Crippen LogP contribution >= 0.6 is 0 Å². The first kappa shape index (κ1) is 13.3. The number of hydrogen-bond donors (Lipinski definition) is 3. The highest BCUT2D eigenvalue weighted by Gasteiger charge is 2.36. The van der Waals surface area contributed by atoms with Gasteiger partial charge in [0.25, 0.3) is 0 Å². The zero-order valence-electron chi connectivity index (χ0n) is 8.44. The summed E-state index contributed by atoms with van der Waals surface area (Å²) < 4.78 is 37.9. The van der Waals surface area contributed by atoms with E-state index in [0.29, 0.717) is 6.07 Å². The van der Waals surface area contributed by atoms with Gasteiger partial charge in [-0.05, 0) is 17.7 Å². The highest BCUT2D eigenvalue weighted by atomic mass is 19.4. The van der Waals surface area contributed by atoms with Crippen molar-refractivity contribution in [2.45, 2.75) is 18.4 Å². The van der Waals surface area contributed by atoms with Crippen LogP contribution in [-0.2, 0) is 6.18 Å². The highest BCUT2D eigenvalue weighted by Crippen LogP contribution is 2.36. The molecule has 4 N–H and O–H groups in total. The molecule has 0 spiro atoms. The molecule has 17 heavy (non-hydrogen) atoms. The standard InChI is InChI=1S/C10H9F3N2O2/c11-10(12,13)7-3-5(15)1-2-6(7)9(17)8(16)4-14/h1-3,8-9,16-17H,15H2. The van der Waals surface area contributed by atoms with Crippen LogP contribution in [0.4, 0.5) is 18.9 Å². The number of halogens is 3. The zero-order valence-corrected chi connectivity index (χ0v) is 8.44. The molecule has 0 fully saturated rings. The van der Waals surface area contributed by atoms with Crippen molar-refractivity contribution in [1.82, 2.24) is 0 Å². The van der Waals surface area contributed by atoms with Crippen LogP contribution in [0.3, 0.4) is 0 Å². The minimum Gasteiger partial charge on any atom is -0.399 e. The molecule has 0 aliphatic rings. The Morgan fingerprint density at radius 3 is 2.35 bits per heavy atom. The SMILES string of the molecule is N#CC(O)C(O)c1ccc(N)cc1C(F)(F)F. The molecule has 92 valence electrons. The van der Waals surface area contributed by atoms with E-state index in [1.807, 2.05) is 0 Å². The second-order valence-electron chi connectivity index (χ2n) is 3.36. The van der Waals surface area contributed by atoms with Gasteiger partial charge >= 0.3 is 6.18 Å². The number of nitriles is 1. The van der Waals surface area contributed by atoms with E-state index in [4.69, 9.17) is 16.1 Å². The van der Waals surface area contributed by atoms with E-state index in [9.17, 15) is 18.3 Å². The number of aliphatic hydroxyl groups excluding tert-OH is 2. The van der Waals surface area contributed by atoms with E-state index in [-0.39, 0.29) is 5.69 Å². The summed E-state index contributed by atoms with van der Waals surface area (Å²) in [6.07, 6.45) is -8.59. The fourth-order valence-corrected chi connectivity index (χ4v) is 1.32. The molecule has 0 amide bonds. The maximum atomic E-state index is 12.6. The Balaban J connectivity index is 3.30. The molecular weight excluding hydrogens is 237 g/mol. The number of aliphatic hydroxyl groups is 2. The van der Waals surface area contributed by atoms with Gasteiger partial charge in [-0.15, -0.1) is 0 Å². The second kappa shape index (κ2) is 4.61. The molecule has 7 heteroatoms. The lowest BCUT2D eigenvalue weighted by molar-refractivity contribution is -0.139. The Bertz CT molecular complexity index is 454. The number of nitrogens with zero attached hydrogens (tertiary/aromatic N) is 1. The maximum Gasteiger partial charge on any atom is 0.416 e. The molecule has 0 aromatic heterocycles. The van der Waals surface area contributed by atoms with E-state index in [1.165, 1.54) is 6.07 Å². The number of hydrogen-bond acceptors (Lipinski definition) is 4. The van der Waals surface area contributed by atoms with Gasteiger partial charge in [0.15, 0.2) is 6.10 Å². The Morgan fingerprint density at radius 2 is 1.88 bits per heavy atom. The largest absolute Gasteiger partial charge is 0.416 e. The fourth-order valence-electron chi connectivity index (χ4n) is 1.32. The third-order valence-corrected chi connectivity index (χ3v) is 2.13. The smallest absolute Gasteiger partial charge is 0.399 e. The molecular formula is C10H9F3N2O2. The van der Waals surface area contributed by atoms with Crippen molar-refractivity contribution < 1.29 is 23.4 Å². The lowest BCUT2D eigenvalue weighted by atomic mass is 9.98. The molecule has 4 nitrogen and oxygen atoms in total. The number of nitrogen functional groups attached to an aromatic ring is 1. The van der Waals surface area contributed by atoms with Gasteiger partial charge in [-0.3, -0.25) is 0 Å². The average Bonchev–Trinajstić information content (AvgIpc) is 2.25. The summed E-state index contributed by atoms with van der Waals surface area (Å²) in [5, 5.41) is 26.8. The summed E-state index contributed by atoms with van der Waals surface area (Å²) in [7, 11) is 0. The summed E-state index contributed by atoms with van der Waals surface area (Å²) in [6, 6.07) is 3.99. The molecule has 0 aliphatic heterocycles. The Hall–Kier alpha value is -1.78. The van der Waals surface area contributed by atoms with E-state index in [2.05, 4.69) is 0 Å². The van der Waals surface area contributed by atoms with Gasteiger partial charge in [0.2, 0.25) is 0 Å². The molecule has 0 radical (unpaired) electrons. The van der Waals surface area contributed by atoms with Gasteiger partial charge in [-0.1, -0.05) is 6.07 Å². The predicted molar refractivity (Wildman–Crippen MR) is 52.4 cm³/mol. The van der Waals surface area contributed by atoms with Gasteiger partial charge < -0.3 is 15.9 Å². The number of alkyl halides is 3. The first-order chi connectivity index (χ1) is 7.77. The molecule has 0 aliphatic carbocycles. The maximum absolute atomic E-state index is 12.6. The average molecular weight is 246 g/mol. The van der Waals surface area contributed by atoms with Crippen molar-refractivity contribution in [2.24, 2.45) is 0 Å². The monoisotopic (exact) mass is 246 g/mol. The van der Waals surface area contributed by atoms with Crippen molar-refractivity contribution in [1.29, 1.82) is 5.26 Å². The predicted octanol–water partition coefficient (Wildman–Crippen LogP) is 1.21. The van der Waals surface area contributed by atoms with Crippen molar-refractivity contribution in [3.05, 3.63) is 29.3 Å². The minimum absolute atomic E-state index is 0.125. The summed E-state index contributed by atoms with van der Waals surface area (Å²) in [4.78, 5) is 0. The summed E-state index contributed by atoms with van der Waals surface area (Å²) in [6.45, 7) is 0. The zero-order chi connectivity index (χ0) is 13.2. The topological polar surface area (TPSA) is 90.3 Å². The summed E-state index contributed by atoms with van der Waals surface area (Å²) >= 11 is 0. The normalized spacial score (nSPS) is 15.1. The van der Waals surface area contributed by atoms with Crippen LogP contribution in [0, 0.1) is 11.3 Å². The number of nitrogens with two attached hydrogens (primary N) is 1. The van der Waals surface area contributed by atoms with Gasteiger partial charge in [0.1, 0.15) is 6.10 Å². The van der Waals surface area contributed by atoms with Crippen LogP contribution in [0.2, 0.25) is 0 Å². The van der Waals surface area contributed by atoms with E-state index < -0.39 is 29.5 Å². The first-order valence-electron chi connectivity index (χ1n) is 4.49. The first-order valence-corrected chi connectivity index (χ1v) is 4.49. The Morgan fingerprint density at radius 1 is 1.29 bits per heavy atom. The lowest BCUT2D eigenvalue weighted by Gasteiger charge is -2.18. The Labute approximate surface area is 94.7 Å². The minimum atomic E-state index is -4.72. The van der Waals surface area contributed by atoms with Crippen LogP contribution in [0.1, 0.15) is 17.2 Å². The molecule has 0 heterocycles. The van der Waals surface area contributed by atoms with Crippen molar-refractivity contribution in [3.8, 4) is 6.07 Å². The lowest BCUT2D eigenvalue weighted by Crippen LogP contribution is -2.20. The van der Waals surface area contributed by atoms with Crippen molar-refractivity contribution in [2.75, 3.05) is 5.73 Å². The highest BCUT2D eigenvalue weighted by molar-refractivity contribution is 5.47. The third kappa shape index (κ3) is 2.87. The van der Waals surface area contributed by atoms with Crippen LogP contribution in [0.5, 0.6) is 0 Å². The van der Waals surface area contributed by atoms with Crippen molar-refractivity contribution in [3.63, 3.8) is 0 Å². The molecule has 2 atom stereocenters. The summed E-state index contributed by atoms with van der Waals surface area (Å²) in [5.74, 6) is 0. The number of rotatable bonds is 2. The van der Waals surface area contributed by atoms with Crippen LogP contribution < -0.4 is 5.73 Å². The van der Waals surface area contributed by atoms with E-state index >= 15 is 0 Å². The molecule has 1 aromatic rings. The van der Waals surface area contributed by atoms with Gasteiger partial charge in [-0.25, -0.2) is 0 Å². The van der Waals surface area contributed by atoms with Crippen LogP contribution in [-0.4, -0.2) is 16.3 Å². The second-order valence-corrected chi connectivity index (χ2v) is 3.36. The number of anilines is 1. The molecule has 1 rings (SSSR count). The number of benzene rings is 1. The van der Waals surface area contributed by atoms with Gasteiger partial charge in [-0.2, -0.15) is 18.4 Å². The third-order valence-electron chi connectivity index (χ3n) is 2.13. The quantitative estimate of drug-likeness (QED) is 0.540. The van der Waals surface area contributed by atoms with E-state index in [0.717, 1.165) is 12.1 Å². The molecule has 0 saturated carbocycles. The molecule has 2 unspecified atom stereocenters.